The average molecular weight is 266 g/mol. The third-order valence-corrected chi connectivity index (χ3v) is 2.76. The lowest BCUT2D eigenvalue weighted by molar-refractivity contribution is 0.459. The van der Waals surface area contributed by atoms with Gasteiger partial charge in [0, 0.05) is 11.9 Å². The zero-order valence-electron chi connectivity index (χ0n) is 11.1. The molecule has 0 aliphatic carbocycles. The van der Waals surface area contributed by atoms with Gasteiger partial charge in [0.1, 0.15) is 11.6 Å². The van der Waals surface area contributed by atoms with Crippen LogP contribution in [-0.2, 0) is 0 Å². The van der Waals surface area contributed by atoms with Crippen molar-refractivity contribution in [3.05, 3.63) is 48.9 Å². The van der Waals surface area contributed by atoms with Crippen LogP contribution in [0.2, 0.25) is 0 Å². The molecule has 5 heteroatoms. The summed E-state index contributed by atoms with van der Waals surface area (Å²) in [4.78, 5) is 12.8. The molecular formula is C15H14N4O. The van der Waals surface area contributed by atoms with E-state index in [4.69, 9.17) is 4.74 Å². The third kappa shape index (κ3) is 2.66. The van der Waals surface area contributed by atoms with Gasteiger partial charge in [0.2, 0.25) is 5.88 Å². The second kappa shape index (κ2) is 5.52. The van der Waals surface area contributed by atoms with Gasteiger partial charge in [-0.3, -0.25) is 9.97 Å². The molecule has 0 saturated carbocycles. The van der Waals surface area contributed by atoms with Crippen LogP contribution in [0.4, 0.5) is 5.82 Å². The van der Waals surface area contributed by atoms with Crippen molar-refractivity contribution in [3.63, 3.8) is 0 Å². The predicted molar refractivity (Wildman–Crippen MR) is 78.0 cm³/mol. The number of fused-ring (bicyclic) bond motifs is 1. The Kier molecular flexibility index (Phi) is 3.41. The van der Waals surface area contributed by atoms with Crippen LogP contribution in [0.25, 0.3) is 10.9 Å². The number of aromatic nitrogens is 3. The Bertz CT molecular complexity index is 730. The molecule has 0 unspecified atom stereocenters. The van der Waals surface area contributed by atoms with Gasteiger partial charge in [-0.2, -0.15) is 4.98 Å². The van der Waals surface area contributed by atoms with Gasteiger partial charge >= 0.3 is 0 Å². The summed E-state index contributed by atoms with van der Waals surface area (Å²) in [6.45, 7) is 2.79. The van der Waals surface area contributed by atoms with Crippen LogP contribution >= 0.6 is 0 Å². The molecular weight excluding hydrogens is 252 g/mol. The van der Waals surface area contributed by atoms with Crippen LogP contribution in [0.3, 0.4) is 0 Å². The number of benzene rings is 1. The molecule has 2 aromatic heterocycles. The van der Waals surface area contributed by atoms with E-state index in [9.17, 15) is 0 Å². The molecule has 3 rings (SSSR count). The van der Waals surface area contributed by atoms with E-state index in [1.165, 1.54) is 0 Å². The summed E-state index contributed by atoms with van der Waals surface area (Å²) in [5.41, 5.74) is 0.937. The number of anilines is 1. The van der Waals surface area contributed by atoms with Crippen molar-refractivity contribution >= 4 is 16.7 Å². The molecule has 0 atom stereocenters. The van der Waals surface area contributed by atoms with Crippen LogP contribution in [0.15, 0.2) is 48.9 Å². The summed E-state index contributed by atoms with van der Waals surface area (Å²) in [6.07, 6.45) is 4.93. The Morgan fingerprint density at radius 1 is 1.15 bits per heavy atom. The minimum Gasteiger partial charge on any atom is -0.436 e. The molecule has 0 fully saturated rings. The Morgan fingerprint density at radius 3 is 2.95 bits per heavy atom. The highest BCUT2D eigenvalue weighted by atomic mass is 16.5. The summed E-state index contributed by atoms with van der Waals surface area (Å²) < 4.78 is 5.70. The molecule has 0 aliphatic heterocycles. The van der Waals surface area contributed by atoms with Crippen molar-refractivity contribution < 1.29 is 4.74 Å². The van der Waals surface area contributed by atoms with Crippen molar-refractivity contribution in [2.45, 2.75) is 6.92 Å². The number of hydrogen-bond donors (Lipinski definition) is 1. The Labute approximate surface area is 116 Å². The first-order valence-electron chi connectivity index (χ1n) is 6.44. The van der Waals surface area contributed by atoms with Crippen molar-refractivity contribution in [2.24, 2.45) is 0 Å². The lowest BCUT2D eigenvalue weighted by Crippen LogP contribution is -2.00. The quantitative estimate of drug-likeness (QED) is 0.785. The van der Waals surface area contributed by atoms with E-state index < -0.39 is 0 Å². The number of rotatable bonds is 4. The summed E-state index contributed by atoms with van der Waals surface area (Å²) in [7, 11) is 0. The fourth-order valence-electron chi connectivity index (χ4n) is 1.89. The van der Waals surface area contributed by atoms with Gasteiger partial charge in [0.15, 0.2) is 0 Å². The minimum atomic E-state index is 0.445. The highest BCUT2D eigenvalue weighted by molar-refractivity contribution is 5.79. The van der Waals surface area contributed by atoms with Gasteiger partial charge in [-0.05, 0) is 19.1 Å². The molecule has 5 nitrogen and oxygen atoms in total. The van der Waals surface area contributed by atoms with Gasteiger partial charge in [-0.15, -0.1) is 0 Å². The predicted octanol–water partition coefficient (Wildman–Crippen LogP) is 3.25. The second-order valence-corrected chi connectivity index (χ2v) is 4.24. The van der Waals surface area contributed by atoms with Crippen molar-refractivity contribution in [1.82, 2.24) is 15.0 Å². The largest absolute Gasteiger partial charge is 0.436 e. The lowest BCUT2D eigenvalue weighted by Gasteiger charge is -2.07. The van der Waals surface area contributed by atoms with Crippen LogP contribution in [0.1, 0.15) is 6.92 Å². The molecule has 0 radical (unpaired) electrons. The minimum absolute atomic E-state index is 0.445. The Morgan fingerprint density at radius 2 is 2.05 bits per heavy atom. The summed E-state index contributed by atoms with van der Waals surface area (Å²) in [5.74, 6) is 1.78. The maximum Gasteiger partial charge on any atom is 0.239 e. The molecule has 0 spiro atoms. The Balaban J connectivity index is 1.87. The summed E-state index contributed by atoms with van der Waals surface area (Å²) >= 11 is 0. The molecule has 0 aliphatic rings. The standard InChI is InChI=1S/C15H14N4O/c1-2-17-14-9-16-10-15(19-14)20-12-7-11-5-3-4-6-13(11)18-8-12/h3-10H,2H2,1H3,(H,17,19). The van der Waals surface area contributed by atoms with E-state index in [2.05, 4.69) is 20.3 Å². The van der Waals surface area contributed by atoms with Gasteiger partial charge in [0.25, 0.3) is 0 Å². The van der Waals surface area contributed by atoms with Gasteiger partial charge in [0.05, 0.1) is 24.1 Å². The number of hydrogen-bond acceptors (Lipinski definition) is 5. The fourth-order valence-corrected chi connectivity index (χ4v) is 1.89. The number of para-hydroxylation sites is 1. The number of nitrogens with zero attached hydrogens (tertiary/aromatic N) is 3. The molecule has 1 aromatic carbocycles. The zero-order valence-corrected chi connectivity index (χ0v) is 11.1. The third-order valence-electron chi connectivity index (χ3n) is 2.76. The van der Waals surface area contributed by atoms with Crippen LogP contribution in [-0.4, -0.2) is 21.5 Å². The number of pyridine rings is 1. The van der Waals surface area contributed by atoms with E-state index >= 15 is 0 Å². The molecule has 100 valence electrons. The van der Waals surface area contributed by atoms with Crippen LogP contribution in [0, 0.1) is 0 Å². The lowest BCUT2D eigenvalue weighted by atomic mass is 10.2. The topological polar surface area (TPSA) is 59.9 Å². The van der Waals surface area contributed by atoms with Crippen molar-refractivity contribution in [2.75, 3.05) is 11.9 Å². The first-order chi connectivity index (χ1) is 9.85. The van der Waals surface area contributed by atoms with Gasteiger partial charge in [-0.25, -0.2) is 0 Å². The molecule has 0 bridgehead atoms. The first-order valence-corrected chi connectivity index (χ1v) is 6.44. The van der Waals surface area contributed by atoms with E-state index in [1.54, 1.807) is 18.6 Å². The van der Waals surface area contributed by atoms with Crippen LogP contribution < -0.4 is 10.1 Å². The normalized spacial score (nSPS) is 10.4. The molecule has 0 saturated heterocycles. The maximum absolute atomic E-state index is 5.70. The van der Waals surface area contributed by atoms with E-state index in [0.717, 1.165) is 17.4 Å². The van der Waals surface area contributed by atoms with E-state index in [-0.39, 0.29) is 0 Å². The monoisotopic (exact) mass is 266 g/mol. The van der Waals surface area contributed by atoms with E-state index in [1.807, 2.05) is 37.3 Å². The maximum atomic E-state index is 5.70. The van der Waals surface area contributed by atoms with Gasteiger partial charge < -0.3 is 10.1 Å². The van der Waals surface area contributed by atoms with Crippen LogP contribution in [0.5, 0.6) is 11.6 Å². The molecule has 2 heterocycles. The second-order valence-electron chi connectivity index (χ2n) is 4.24. The van der Waals surface area contributed by atoms with E-state index in [0.29, 0.717) is 17.4 Å². The van der Waals surface area contributed by atoms with Crippen molar-refractivity contribution in [1.29, 1.82) is 0 Å². The molecule has 1 N–H and O–H groups in total. The highest BCUT2D eigenvalue weighted by Gasteiger charge is 2.03. The summed E-state index contributed by atoms with van der Waals surface area (Å²) in [5, 5.41) is 4.12. The highest BCUT2D eigenvalue weighted by Crippen LogP contribution is 2.22. The molecule has 20 heavy (non-hydrogen) atoms. The fraction of sp³-hybridized carbons (Fsp3) is 0.133. The van der Waals surface area contributed by atoms with Gasteiger partial charge in [-0.1, -0.05) is 18.2 Å². The number of ether oxygens (including phenoxy) is 1. The SMILES string of the molecule is CCNc1cncc(Oc2cnc3ccccc3c2)n1. The number of nitrogens with one attached hydrogen (secondary N) is 1. The van der Waals surface area contributed by atoms with Crippen molar-refractivity contribution in [3.8, 4) is 11.6 Å². The Hall–Kier alpha value is -2.69. The summed E-state index contributed by atoms with van der Waals surface area (Å²) in [6, 6.07) is 9.82. The molecule has 3 aromatic rings. The first kappa shape index (κ1) is 12.3. The zero-order chi connectivity index (χ0) is 13.8. The smallest absolute Gasteiger partial charge is 0.239 e. The average Bonchev–Trinajstić information content (AvgIpc) is 2.48. The molecule has 0 amide bonds.